The molecule has 76 valence electrons. The van der Waals surface area contributed by atoms with E-state index in [9.17, 15) is 0 Å². The molecule has 1 aliphatic rings. The van der Waals surface area contributed by atoms with Crippen LogP contribution in [0.3, 0.4) is 0 Å². The fourth-order valence-electron chi connectivity index (χ4n) is 1.30. The average Bonchev–Trinajstić information content (AvgIpc) is 2.22. The monoisotopic (exact) mass is 180 g/mol. The quantitative estimate of drug-likeness (QED) is 0.428. The molecule has 0 atom stereocenters. The van der Waals surface area contributed by atoms with Gasteiger partial charge in [0, 0.05) is 0 Å². The number of rotatable bonds is 4. The summed E-state index contributed by atoms with van der Waals surface area (Å²) in [6.07, 6.45) is 17.2. The Labute approximate surface area is 83.7 Å². The van der Waals surface area contributed by atoms with Crippen LogP contribution >= 0.6 is 0 Å². The van der Waals surface area contributed by atoms with Gasteiger partial charge in [0.05, 0.1) is 0 Å². The van der Waals surface area contributed by atoms with Crippen LogP contribution in [-0.4, -0.2) is 0 Å². The molecule has 0 radical (unpaired) electrons. The Kier molecular flexibility index (Phi) is 11.0. The fourth-order valence-corrected chi connectivity index (χ4v) is 1.30. The Hall–Kier alpha value is -0.520. The third kappa shape index (κ3) is 11.5. The van der Waals surface area contributed by atoms with Gasteiger partial charge >= 0.3 is 0 Å². The van der Waals surface area contributed by atoms with E-state index in [4.69, 9.17) is 0 Å². The van der Waals surface area contributed by atoms with Crippen molar-refractivity contribution in [2.75, 3.05) is 0 Å². The van der Waals surface area contributed by atoms with Crippen molar-refractivity contribution in [2.45, 2.75) is 58.3 Å². The molecule has 0 fully saturated rings. The van der Waals surface area contributed by atoms with Crippen molar-refractivity contribution in [3.63, 3.8) is 0 Å². The molecule has 13 heavy (non-hydrogen) atoms. The Morgan fingerprint density at radius 1 is 1.15 bits per heavy atom. The van der Waals surface area contributed by atoms with E-state index in [0.717, 1.165) is 0 Å². The first kappa shape index (κ1) is 12.5. The lowest BCUT2D eigenvalue weighted by Gasteiger charge is -1.97. The zero-order chi connectivity index (χ0) is 9.78. The third-order valence-electron chi connectivity index (χ3n) is 2.17. The third-order valence-corrected chi connectivity index (χ3v) is 2.17. The van der Waals surface area contributed by atoms with Gasteiger partial charge < -0.3 is 0 Å². The number of hydrogen-bond donors (Lipinski definition) is 0. The van der Waals surface area contributed by atoms with Crippen LogP contribution in [0.25, 0.3) is 0 Å². The van der Waals surface area contributed by atoms with Gasteiger partial charge in [-0.05, 0) is 38.5 Å². The second-order valence-electron chi connectivity index (χ2n) is 3.54. The van der Waals surface area contributed by atoms with E-state index in [1.807, 2.05) is 6.08 Å². The minimum Gasteiger partial charge on any atom is -0.103 e. The molecule has 1 rings (SSSR count). The zero-order valence-electron chi connectivity index (χ0n) is 9.10. The lowest BCUT2D eigenvalue weighted by Crippen LogP contribution is -1.77. The van der Waals surface area contributed by atoms with Crippen molar-refractivity contribution in [1.29, 1.82) is 0 Å². The van der Waals surface area contributed by atoms with Crippen LogP contribution in [0, 0.1) is 0 Å². The molecule has 0 aromatic carbocycles. The van der Waals surface area contributed by atoms with Crippen molar-refractivity contribution in [1.82, 2.24) is 0 Å². The van der Waals surface area contributed by atoms with Gasteiger partial charge in [-0.15, -0.1) is 6.58 Å². The first-order chi connectivity index (χ1) is 6.41. The van der Waals surface area contributed by atoms with Crippen LogP contribution in [0.5, 0.6) is 0 Å². The fraction of sp³-hybridized carbons (Fsp3) is 0.692. The van der Waals surface area contributed by atoms with E-state index >= 15 is 0 Å². The highest BCUT2D eigenvalue weighted by atomic mass is 13.9. The second-order valence-corrected chi connectivity index (χ2v) is 3.54. The molecule has 0 amide bonds. The van der Waals surface area contributed by atoms with Gasteiger partial charge in [0.25, 0.3) is 0 Å². The topological polar surface area (TPSA) is 0 Å². The predicted molar refractivity (Wildman–Crippen MR) is 61.9 cm³/mol. The van der Waals surface area contributed by atoms with Gasteiger partial charge in [-0.1, -0.05) is 38.0 Å². The summed E-state index contributed by atoms with van der Waals surface area (Å²) in [5.41, 5.74) is 0. The molecule has 1 aliphatic carbocycles. The molecule has 0 spiro atoms. The van der Waals surface area contributed by atoms with Gasteiger partial charge in [-0.25, -0.2) is 0 Å². The highest BCUT2D eigenvalue weighted by Crippen LogP contribution is 2.07. The standard InChI is InChI=1S/C7H14.C6H10/c1-3-5-7-6-4-2;1-2-4-6-5-3-1/h3H,1,4-7H2,2H3;1-2H,3-6H2. The average molecular weight is 180 g/mol. The van der Waals surface area contributed by atoms with Crippen LogP contribution in [0.1, 0.15) is 58.3 Å². The number of unbranched alkanes of at least 4 members (excludes halogenated alkanes) is 3. The maximum Gasteiger partial charge on any atom is -0.0351 e. The van der Waals surface area contributed by atoms with Crippen LogP contribution in [0.4, 0.5) is 0 Å². The van der Waals surface area contributed by atoms with Crippen LogP contribution in [-0.2, 0) is 0 Å². The largest absolute Gasteiger partial charge is 0.103 e. The summed E-state index contributed by atoms with van der Waals surface area (Å²) >= 11 is 0. The smallest absolute Gasteiger partial charge is 0.0351 e. The summed E-state index contributed by atoms with van der Waals surface area (Å²) in [4.78, 5) is 0. The molecule has 0 unspecified atom stereocenters. The van der Waals surface area contributed by atoms with Gasteiger partial charge in [0.1, 0.15) is 0 Å². The molecule has 0 aliphatic heterocycles. The van der Waals surface area contributed by atoms with Crippen LogP contribution < -0.4 is 0 Å². The molecule has 0 bridgehead atoms. The highest BCUT2D eigenvalue weighted by Gasteiger charge is 1.87. The maximum atomic E-state index is 3.63. The first-order valence-electron chi connectivity index (χ1n) is 5.67. The first-order valence-corrected chi connectivity index (χ1v) is 5.67. The van der Waals surface area contributed by atoms with E-state index in [2.05, 4.69) is 25.7 Å². The molecule has 0 aromatic heterocycles. The second kappa shape index (κ2) is 11.5. The van der Waals surface area contributed by atoms with Crippen LogP contribution in [0.15, 0.2) is 24.8 Å². The summed E-state index contributed by atoms with van der Waals surface area (Å²) < 4.78 is 0. The van der Waals surface area contributed by atoms with Crippen LogP contribution in [0.2, 0.25) is 0 Å². The number of allylic oxidation sites excluding steroid dienone is 3. The van der Waals surface area contributed by atoms with Gasteiger partial charge in [0.15, 0.2) is 0 Å². The normalized spacial score (nSPS) is 14.5. The van der Waals surface area contributed by atoms with E-state index in [0.29, 0.717) is 0 Å². The van der Waals surface area contributed by atoms with E-state index in [1.54, 1.807) is 0 Å². The molecule has 0 heterocycles. The summed E-state index contributed by atoms with van der Waals surface area (Å²) in [5.74, 6) is 0. The molecule has 0 heteroatoms. The van der Waals surface area contributed by atoms with Gasteiger partial charge in [-0.2, -0.15) is 0 Å². The Bertz CT molecular complexity index is 114. The van der Waals surface area contributed by atoms with Gasteiger partial charge in [-0.3, -0.25) is 0 Å². The molecular formula is C13H24. The summed E-state index contributed by atoms with van der Waals surface area (Å²) in [6.45, 7) is 5.84. The summed E-state index contributed by atoms with van der Waals surface area (Å²) in [6, 6.07) is 0. The predicted octanol–water partition coefficient (Wildman–Crippen LogP) is 4.87. The lowest BCUT2D eigenvalue weighted by atomic mass is 10.1. The highest BCUT2D eigenvalue weighted by molar-refractivity contribution is 4.85. The molecule has 0 saturated carbocycles. The van der Waals surface area contributed by atoms with E-state index < -0.39 is 0 Å². The van der Waals surface area contributed by atoms with Crippen molar-refractivity contribution in [3.8, 4) is 0 Å². The van der Waals surface area contributed by atoms with Crippen molar-refractivity contribution in [3.05, 3.63) is 24.8 Å². The summed E-state index contributed by atoms with van der Waals surface area (Å²) in [7, 11) is 0. The SMILES string of the molecule is C1=CCCCC1.C=CCCCCC. The minimum absolute atomic E-state index is 1.19. The van der Waals surface area contributed by atoms with Gasteiger partial charge in [0.2, 0.25) is 0 Å². The Morgan fingerprint density at radius 2 is 1.77 bits per heavy atom. The Balaban J connectivity index is 0.000000223. The Morgan fingerprint density at radius 3 is 2.08 bits per heavy atom. The van der Waals surface area contributed by atoms with E-state index in [-0.39, 0.29) is 0 Å². The molecule has 0 saturated heterocycles. The van der Waals surface area contributed by atoms with Crippen molar-refractivity contribution >= 4 is 0 Å². The molecule has 0 aromatic rings. The summed E-state index contributed by atoms with van der Waals surface area (Å²) in [5, 5.41) is 0. The maximum absolute atomic E-state index is 3.63. The van der Waals surface area contributed by atoms with Crippen molar-refractivity contribution < 1.29 is 0 Å². The molecule has 0 N–H and O–H groups in total. The zero-order valence-corrected chi connectivity index (χ0v) is 9.10. The lowest BCUT2D eigenvalue weighted by molar-refractivity contribution is 0.730. The number of hydrogen-bond acceptors (Lipinski definition) is 0. The van der Waals surface area contributed by atoms with E-state index in [1.165, 1.54) is 51.4 Å². The molecular weight excluding hydrogens is 156 g/mol. The van der Waals surface area contributed by atoms with Crippen molar-refractivity contribution in [2.24, 2.45) is 0 Å². The molecule has 0 nitrogen and oxygen atoms in total. The minimum atomic E-state index is 1.19.